The minimum atomic E-state index is -1.08. The summed E-state index contributed by atoms with van der Waals surface area (Å²) >= 11 is 0. The second-order valence-corrected chi connectivity index (χ2v) is 5.00. The molecule has 0 aliphatic rings. The van der Waals surface area contributed by atoms with Crippen molar-refractivity contribution < 1.29 is 24.3 Å². The van der Waals surface area contributed by atoms with Crippen LogP contribution in [-0.4, -0.2) is 35.4 Å². The first kappa shape index (κ1) is 18.7. The zero-order chi connectivity index (χ0) is 18.9. The number of carboxylic acids is 1. The van der Waals surface area contributed by atoms with E-state index in [4.69, 9.17) is 14.6 Å². The van der Waals surface area contributed by atoms with Crippen LogP contribution in [0.1, 0.15) is 12.5 Å². The lowest BCUT2D eigenvalue weighted by Gasteiger charge is -2.11. The van der Waals surface area contributed by atoms with Crippen molar-refractivity contribution in [2.24, 2.45) is 5.10 Å². The fraction of sp³-hybridized carbons (Fsp3) is 0.176. The number of nitro groups is 1. The number of benzene rings is 2. The molecule has 0 unspecified atom stereocenters. The first-order valence-corrected chi connectivity index (χ1v) is 7.64. The highest BCUT2D eigenvalue weighted by molar-refractivity contribution is 5.81. The molecule has 2 rings (SSSR count). The molecule has 0 fully saturated rings. The number of rotatable bonds is 9. The van der Waals surface area contributed by atoms with Crippen molar-refractivity contribution in [2.75, 3.05) is 18.6 Å². The molecule has 0 aromatic heterocycles. The van der Waals surface area contributed by atoms with Crippen LogP contribution in [0.2, 0.25) is 0 Å². The molecule has 0 saturated heterocycles. The van der Waals surface area contributed by atoms with Crippen LogP contribution in [0.3, 0.4) is 0 Å². The van der Waals surface area contributed by atoms with E-state index in [1.165, 1.54) is 18.3 Å². The van der Waals surface area contributed by atoms with E-state index in [9.17, 15) is 14.9 Å². The first-order valence-electron chi connectivity index (χ1n) is 7.64. The number of nitro benzene ring substituents is 1. The van der Waals surface area contributed by atoms with Crippen LogP contribution in [0.4, 0.5) is 11.4 Å². The van der Waals surface area contributed by atoms with Gasteiger partial charge in [-0.25, -0.2) is 4.79 Å². The quantitative estimate of drug-likeness (QED) is 0.401. The Kier molecular flexibility index (Phi) is 6.49. The number of carbonyl (C=O) groups is 1. The van der Waals surface area contributed by atoms with Crippen LogP contribution >= 0.6 is 0 Å². The number of ether oxygens (including phenoxy) is 2. The van der Waals surface area contributed by atoms with E-state index >= 15 is 0 Å². The van der Waals surface area contributed by atoms with Gasteiger partial charge in [-0.1, -0.05) is 0 Å². The van der Waals surface area contributed by atoms with E-state index in [0.717, 1.165) is 0 Å². The second-order valence-electron chi connectivity index (χ2n) is 5.00. The summed E-state index contributed by atoms with van der Waals surface area (Å²) in [7, 11) is 0. The molecule has 0 amide bonds. The summed E-state index contributed by atoms with van der Waals surface area (Å²) in [5, 5.41) is 23.4. The Morgan fingerprint density at radius 1 is 1.23 bits per heavy atom. The number of nitrogens with zero attached hydrogens (tertiary/aromatic N) is 2. The van der Waals surface area contributed by atoms with Gasteiger partial charge in [0, 0.05) is 12.1 Å². The van der Waals surface area contributed by atoms with Crippen LogP contribution in [0.5, 0.6) is 11.5 Å². The molecule has 0 aliphatic carbocycles. The van der Waals surface area contributed by atoms with Crippen LogP contribution in [0.25, 0.3) is 0 Å². The van der Waals surface area contributed by atoms with Crippen molar-refractivity contribution in [1.82, 2.24) is 0 Å². The molecule has 136 valence electrons. The predicted octanol–water partition coefficient (Wildman–Crippen LogP) is 2.90. The largest absolute Gasteiger partial charge is 0.490 e. The Balaban J connectivity index is 2.05. The van der Waals surface area contributed by atoms with Gasteiger partial charge in [-0.05, 0) is 42.8 Å². The zero-order valence-electron chi connectivity index (χ0n) is 13.9. The summed E-state index contributed by atoms with van der Waals surface area (Å²) in [6.07, 6.45) is 1.53. The summed E-state index contributed by atoms with van der Waals surface area (Å²) in [6.45, 7) is 1.73. The summed E-state index contributed by atoms with van der Waals surface area (Å²) in [5.41, 5.74) is 4.06. The highest BCUT2D eigenvalue weighted by atomic mass is 16.6. The molecule has 9 heteroatoms. The molecule has 0 atom stereocenters. The van der Waals surface area contributed by atoms with Crippen molar-refractivity contribution in [2.45, 2.75) is 6.92 Å². The average molecular weight is 359 g/mol. The van der Waals surface area contributed by atoms with Crippen LogP contribution < -0.4 is 14.9 Å². The van der Waals surface area contributed by atoms with Gasteiger partial charge in [-0.3, -0.25) is 15.5 Å². The maximum absolute atomic E-state index is 10.6. The molecule has 0 spiro atoms. The van der Waals surface area contributed by atoms with Crippen molar-refractivity contribution in [3.8, 4) is 11.5 Å². The lowest BCUT2D eigenvalue weighted by molar-refractivity contribution is -0.384. The van der Waals surface area contributed by atoms with Crippen molar-refractivity contribution in [1.29, 1.82) is 0 Å². The van der Waals surface area contributed by atoms with Crippen LogP contribution in [0.15, 0.2) is 47.6 Å². The zero-order valence-corrected chi connectivity index (χ0v) is 13.9. The molecule has 2 aromatic carbocycles. The lowest BCUT2D eigenvalue weighted by Crippen LogP contribution is -2.10. The highest BCUT2D eigenvalue weighted by Gasteiger charge is 2.08. The van der Waals surface area contributed by atoms with E-state index in [-0.39, 0.29) is 5.69 Å². The Hall–Kier alpha value is -3.62. The molecule has 2 aromatic rings. The molecule has 26 heavy (non-hydrogen) atoms. The standard InChI is InChI=1S/C17H17N3O6/c1-2-25-16-9-12(3-8-15(16)26-11-17(21)22)10-18-19-13-4-6-14(7-5-13)20(23)24/h3-10,19H,2,11H2,1H3,(H,21,22)/b18-10+. The second kappa shape index (κ2) is 9.02. The first-order chi connectivity index (χ1) is 12.5. The van der Waals surface area contributed by atoms with Gasteiger partial charge < -0.3 is 14.6 Å². The monoisotopic (exact) mass is 359 g/mol. The van der Waals surface area contributed by atoms with Gasteiger partial charge in [0.2, 0.25) is 0 Å². The van der Waals surface area contributed by atoms with Gasteiger partial charge in [-0.15, -0.1) is 0 Å². The Morgan fingerprint density at radius 2 is 1.96 bits per heavy atom. The van der Waals surface area contributed by atoms with Gasteiger partial charge in [0.25, 0.3) is 5.69 Å². The molecular weight excluding hydrogens is 342 g/mol. The predicted molar refractivity (Wildman–Crippen MR) is 95.1 cm³/mol. The normalized spacial score (nSPS) is 10.5. The van der Waals surface area contributed by atoms with E-state index in [1.54, 1.807) is 37.3 Å². The molecule has 2 N–H and O–H groups in total. The molecule has 0 bridgehead atoms. The summed E-state index contributed by atoms with van der Waals surface area (Å²) in [4.78, 5) is 20.7. The summed E-state index contributed by atoms with van der Waals surface area (Å²) in [6, 6.07) is 10.8. The van der Waals surface area contributed by atoms with Gasteiger partial charge in [-0.2, -0.15) is 5.10 Å². The van der Waals surface area contributed by atoms with Crippen molar-refractivity contribution in [3.05, 3.63) is 58.1 Å². The molecule has 9 nitrogen and oxygen atoms in total. The molecule has 0 saturated carbocycles. The van der Waals surface area contributed by atoms with E-state index in [2.05, 4.69) is 10.5 Å². The molecule has 0 radical (unpaired) electrons. The molecular formula is C17H17N3O6. The fourth-order valence-corrected chi connectivity index (χ4v) is 1.97. The van der Waals surface area contributed by atoms with Gasteiger partial charge in [0.1, 0.15) is 0 Å². The minimum absolute atomic E-state index is 0.00200. The van der Waals surface area contributed by atoms with E-state index in [1.807, 2.05) is 0 Å². The molecule has 0 aliphatic heterocycles. The maximum Gasteiger partial charge on any atom is 0.341 e. The number of aliphatic carboxylic acids is 1. The summed E-state index contributed by atoms with van der Waals surface area (Å²) < 4.78 is 10.6. The number of hydrogen-bond donors (Lipinski definition) is 2. The maximum atomic E-state index is 10.6. The number of anilines is 1. The number of hydrazone groups is 1. The smallest absolute Gasteiger partial charge is 0.341 e. The van der Waals surface area contributed by atoms with Crippen molar-refractivity contribution >= 4 is 23.6 Å². The van der Waals surface area contributed by atoms with Gasteiger partial charge in [0.15, 0.2) is 18.1 Å². The number of carboxylic acid groups (broad SMARTS) is 1. The third-order valence-electron chi connectivity index (χ3n) is 3.10. The van der Waals surface area contributed by atoms with Gasteiger partial charge >= 0.3 is 5.97 Å². The Bertz CT molecular complexity index is 805. The highest BCUT2D eigenvalue weighted by Crippen LogP contribution is 2.28. The lowest BCUT2D eigenvalue weighted by atomic mass is 10.2. The fourth-order valence-electron chi connectivity index (χ4n) is 1.97. The van der Waals surface area contributed by atoms with Crippen LogP contribution in [-0.2, 0) is 4.79 Å². The van der Waals surface area contributed by atoms with E-state index in [0.29, 0.717) is 29.4 Å². The number of non-ortho nitro benzene ring substituents is 1. The van der Waals surface area contributed by atoms with E-state index < -0.39 is 17.5 Å². The average Bonchev–Trinajstić information content (AvgIpc) is 2.61. The minimum Gasteiger partial charge on any atom is -0.490 e. The Labute approximate surface area is 149 Å². The SMILES string of the molecule is CCOc1cc(/C=N/Nc2ccc([N+](=O)[O-])cc2)ccc1OCC(=O)O. The number of nitrogens with one attached hydrogen (secondary N) is 1. The van der Waals surface area contributed by atoms with Crippen LogP contribution in [0, 0.1) is 10.1 Å². The number of hydrogen-bond acceptors (Lipinski definition) is 7. The van der Waals surface area contributed by atoms with Crippen molar-refractivity contribution in [3.63, 3.8) is 0 Å². The third-order valence-corrected chi connectivity index (χ3v) is 3.10. The Morgan fingerprint density at radius 3 is 2.58 bits per heavy atom. The van der Waals surface area contributed by atoms with Gasteiger partial charge in [0.05, 0.1) is 23.4 Å². The third kappa shape index (κ3) is 5.48. The summed E-state index contributed by atoms with van der Waals surface area (Å²) in [5.74, 6) is -0.340. The molecule has 0 heterocycles. The topological polar surface area (TPSA) is 123 Å².